The number of halogens is 2. The molecule has 10 heteroatoms. The van der Waals surface area contributed by atoms with E-state index in [1.165, 1.54) is 6.08 Å². The Morgan fingerprint density at radius 2 is 1.55 bits per heavy atom. The third-order valence-corrected chi connectivity index (χ3v) is 7.29. The van der Waals surface area contributed by atoms with Crippen LogP contribution in [0, 0.1) is 6.92 Å². The van der Waals surface area contributed by atoms with Gasteiger partial charge in [-0.1, -0.05) is 65.2 Å². The van der Waals surface area contributed by atoms with Crippen LogP contribution in [0.5, 0.6) is 17.2 Å². The van der Waals surface area contributed by atoms with Crippen molar-refractivity contribution in [2.45, 2.75) is 27.1 Å². The number of carbonyl (C=O) groups is 3. The van der Waals surface area contributed by atoms with E-state index in [-0.39, 0.29) is 17.9 Å². The van der Waals surface area contributed by atoms with Gasteiger partial charge in [0, 0.05) is 15.6 Å². The van der Waals surface area contributed by atoms with Crippen LogP contribution in [-0.2, 0) is 22.8 Å². The van der Waals surface area contributed by atoms with Crippen molar-refractivity contribution in [3.63, 3.8) is 0 Å². The highest BCUT2D eigenvalue weighted by molar-refractivity contribution is 6.39. The summed E-state index contributed by atoms with van der Waals surface area (Å²) in [5.41, 5.74) is 3.48. The van der Waals surface area contributed by atoms with Crippen molar-refractivity contribution in [1.82, 2.24) is 5.32 Å². The van der Waals surface area contributed by atoms with E-state index in [9.17, 15) is 14.4 Å². The monoisotopic (exact) mass is 630 g/mol. The molecule has 0 radical (unpaired) electrons. The lowest BCUT2D eigenvalue weighted by atomic mass is 10.1. The second-order valence-corrected chi connectivity index (χ2v) is 10.7. The molecule has 0 atom stereocenters. The molecule has 0 aromatic heterocycles. The number of amides is 4. The maximum absolute atomic E-state index is 13.4. The number of imide groups is 2. The second kappa shape index (κ2) is 13.7. The van der Waals surface area contributed by atoms with Gasteiger partial charge in [0.05, 0.1) is 12.3 Å². The lowest BCUT2D eigenvalue weighted by Crippen LogP contribution is -2.54. The van der Waals surface area contributed by atoms with Crippen molar-refractivity contribution in [3.05, 3.63) is 123 Å². The van der Waals surface area contributed by atoms with Crippen molar-refractivity contribution in [3.8, 4) is 17.2 Å². The van der Waals surface area contributed by atoms with Crippen LogP contribution in [0.4, 0.5) is 10.5 Å². The van der Waals surface area contributed by atoms with Gasteiger partial charge in [0.1, 0.15) is 24.5 Å². The Balaban J connectivity index is 1.32. The molecule has 5 rings (SSSR count). The fraction of sp³-hybridized carbons (Fsp3) is 0.147. The average molecular weight is 632 g/mol. The molecule has 0 aliphatic carbocycles. The number of anilines is 1. The summed E-state index contributed by atoms with van der Waals surface area (Å²) in [7, 11) is 0. The standard InChI is InChI=1S/C34H28Cl2N2O6/c1-3-42-31-17-23(8-15-30(31)44-19-22-6-4-21(2)5-7-22)16-28-32(39)37-34(41)38(33(28)40)26-11-13-27(14-12-26)43-20-24-9-10-25(35)18-29(24)36/h4-18H,3,19-20H2,1-2H3,(H,37,39,41)/b28-16+. The summed E-state index contributed by atoms with van der Waals surface area (Å²) in [6.45, 7) is 4.79. The lowest BCUT2D eigenvalue weighted by Gasteiger charge is -2.26. The summed E-state index contributed by atoms with van der Waals surface area (Å²) in [6.07, 6.45) is 1.41. The Bertz CT molecular complexity index is 1740. The molecule has 4 aromatic carbocycles. The number of nitrogens with one attached hydrogen (secondary N) is 1. The quantitative estimate of drug-likeness (QED) is 0.144. The van der Waals surface area contributed by atoms with E-state index in [1.807, 2.05) is 38.1 Å². The van der Waals surface area contributed by atoms with Gasteiger partial charge in [-0.3, -0.25) is 14.9 Å². The minimum atomic E-state index is -0.853. The van der Waals surface area contributed by atoms with Crippen LogP contribution in [0.25, 0.3) is 6.08 Å². The molecule has 4 amide bonds. The van der Waals surface area contributed by atoms with E-state index >= 15 is 0 Å². The molecule has 1 aliphatic rings. The Hall–Kier alpha value is -4.79. The zero-order chi connectivity index (χ0) is 31.2. The minimum absolute atomic E-state index is 0.194. The Morgan fingerprint density at radius 3 is 2.25 bits per heavy atom. The highest BCUT2D eigenvalue weighted by Gasteiger charge is 2.36. The van der Waals surface area contributed by atoms with Gasteiger partial charge in [-0.2, -0.15) is 0 Å². The number of carbonyl (C=O) groups excluding carboxylic acids is 3. The van der Waals surface area contributed by atoms with Crippen molar-refractivity contribution in [2.24, 2.45) is 0 Å². The number of barbiturate groups is 1. The first-order chi connectivity index (χ1) is 21.2. The molecule has 8 nitrogen and oxygen atoms in total. The summed E-state index contributed by atoms with van der Waals surface area (Å²) < 4.78 is 17.6. The van der Waals surface area contributed by atoms with Gasteiger partial charge in [0.15, 0.2) is 11.5 Å². The largest absolute Gasteiger partial charge is 0.490 e. The first-order valence-electron chi connectivity index (χ1n) is 13.7. The van der Waals surface area contributed by atoms with Crippen LogP contribution in [-0.4, -0.2) is 24.5 Å². The number of ether oxygens (including phenoxy) is 3. The Kier molecular flexibility index (Phi) is 9.53. The van der Waals surface area contributed by atoms with Gasteiger partial charge in [-0.05, 0) is 79.6 Å². The molecule has 1 saturated heterocycles. The fourth-order valence-electron chi connectivity index (χ4n) is 4.40. The lowest BCUT2D eigenvalue weighted by molar-refractivity contribution is -0.122. The van der Waals surface area contributed by atoms with E-state index in [0.717, 1.165) is 21.6 Å². The van der Waals surface area contributed by atoms with Crippen molar-refractivity contribution in [1.29, 1.82) is 0 Å². The third kappa shape index (κ3) is 7.22. The number of aryl methyl sites for hydroxylation is 1. The van der Waals surface area contributed by atoms with Crippen molar-refractivity contribution < 1.29 is 28.6 Å². The topological polar surface area (TPSA) is 94.2 Å². The Labute approximate surface area is 264 Å². The summed E-state index contributed by atoms with van der Waals surface area (Å²) in [6, 6.07) is 23.7. The molecule has 44 heavy (non-hydrogen) atoms. The SMILES string of the molecule is CCOc1cc(/C=C2\C(=O)NC(=O)N(c3ccc(OCc4ccc(Cl)cc4Cl)cc3)C2=O)ccc1OCc1ccc(C)cc1. The molecular weight excluding hydrogens is 603 g/mol. The van der Waals surface area contributed by atoms with Gasteiger partial charge in [0.2, 0.25) is 0 Å². The smallest absolute Gasteiger partial charge is 0.335 e. The zero-order valence-corrected chi connectivity index (χ0v) is 25.4. The van der Waals surface area contributed by atoms with Gasteiger partial charge in [-0.25, -0.2) is 9.69 Å². The number of benzene rings is 4. The summed E-state index contributed by atoms with van der Waals surface area (Å²) in [5.74, 6) is -0.0937. The first kappa shape index (κ1) is 30.7. The molecular formula is C34H28Cl2N2O6. The Morgan fingerprint density at radius 1 is 0.795 bits per heavy atom. The van der Waals surface area contributed by atoms with Crippen LogP contribution >= 0.6 is 23.2 Å². The summed E-state index contributed by atoms with van der Waals surface area (Å²) in [5, 5.41) is 3.24. The maximum atomic E-state index is 13.4. The van der Waals surface area contributed by atoms with Crippen molar-refractivity contribution >= 4 is 52.8 Å². The zero-order valence-electron chi connectivity index (χ0n) is 23.9. The number of urea groups is 1. The van der Waals surface area contributed by atoms with Crippen LogP contribution in [0.15, 0.2) is 90.5 Å². The minimum Gasteiger partial charge on any atom is -0.490 e. The molecule has 0 saturated carbocycles. The van der Waals surface area contributed by atoms with Gasteiger partial charge >= 0.3 is 6.03 Å². The number of hydrogen-bond donors (Lipinski definition) is 1. The van der Waals surface area contributed by atoms with E-state index < -0.39 is 17.8 Å². The molecule has 1 N–H and O–H groups in total. The normalized spacial score (nSPS) is 14.0. The molecule has 0 unspecified atom stereocenters. The van der Waals surface area contributed by atoms with Crippen LogP contribution < -0.4 is 24.4 Å². The average Bonchev–Trinajstić information content (AvgIpc) is 3.00. The number of nitrogens with zero attached hydrogens (tertiary/aromatic N) is 1. The van der Waals surface area contributed by atoms with E-state index in [0.29, 0.717) is 46.1 Å². The number of rotatable bonds is 10. The molecule has 4 aromatic rings. The highest BCUT2D eigenvalue weighted by atomic mass is 35.5. The molecule has 0 bridgehead atoms. The predicted octanol–water partition coefficient (Wildman–Crippen LogP) is 7.52. The van der Waals surface area contributed by atoms with Crippen LogP contribution in [0.2, 0.25) is 10.0 Å². The summed E-state index contributed by atoms with van der Waals surface area (Å²) in [4.78, 5) is 39.8. The van der Waals surface area contributed by atoms with Gasteiger partial charge in [-0.15, -0.1) is 0 Å². The number of hydrogen-bond acceptors (Lipinski definition) is 6. The van der Waals surface area contributed by atoms with E-state index in [1.54, 1.807) is 60.7 Å². The predicted molar refractivity (Wildman–Crippen MR) is 169 cm³/mol. The van der Waals surface area contributed by atoms with Crippen LogP contribution in [0.1, 0.15) is 29.2 Å². The molecule has 1 heterocycles. The summed E-state index contributed by atoms with van der Waals surface area (Å²) >= 11 is 12.2. The third-order valence-electron chi connectivity index (χ3n) is 6.70. The van der Waals surface area contributed by atoms with Gasteiger partial charge in [0.25, 0.3) is 11.8 Å². The fourth-order valence-corrected chi connectivity index (χ4v) is 4.86. The van der Waals surface area contributed by atoms with E-state index in [4.69, 9.17) is 37.4 Å². The molecule has 0 spiro atoms. The molecule has 1 aliphatic heterocycles. The van der Waals surface area contributed by atoms with E-state index in [2.05, 4.69) is 5.32 Å². The molecule has 224 valence electrons. The highest BCUT2D eigenvalue weighted by Crippen LogP contribution is 2.31. The maximum Gasteiger partial charge on any atom is 0.335 e. The van der Waals surface area contributed by atoms with Crippen molar-refractivity contribution in [2.75, 3.05) is 11.5 Å². The van der Waals surface area contributed by atoms with Gasteiger partial charge < -0.3 is 14.2 Å². The molecule has 1 fully saturated rings. The first-order valence-corrected chi connectivity index (χ1v) is 14.5. The second-order valence-electron chi connectivity index (χ2n) is 9.89. The van der Waals surface area contributed by atoms with Crippen LogP contribution in [0.3, 0.4) is 0 Å².